The van der Waals surface area contributed by atoms with Gasteiger partial charge in [0.2, 0.25) is 0 Å². The number of alkyl halides is 1. The molecule has 0 heterocycles. The van der Waals surface area contributed by atoms with E-state index in [1.54, 1.807) is 0 Å². The molecule has 0 unspecified atom stereocenters. The van der Waals surface area contributed by atoms with E-state index >= 15 is 0 Å². The second kappa shape index (κ2) is 6.40. The summed E-state index contributed by atoms with van der Waals surface area (Å²) >= 11 is 3.54. The van der Waals surface area contributed by atoms with Crippen molar-refractivity contribution in [1.29, 1.82) is 0 Å². The lowest BCUT2D eigenvalue weighted by Crippen LogP contribution is -2.34. The predicted octanol–water partition coefficient (Wildman–Crippen LogP) is 3.95. The molecule has 1 aromatic rings. The number of hydrogen-bond donors (Lipinski definition) is 0. The smallest absolute Gasteiger partial charge is 0.155 e. The third-order valence-electron chi connectivity index (χ3n) is 3.95. The molecule has 0 spiro atoms. The molecule has 0 aromatic heterocycles. The SMILES string of the molecule is O=S(=O)(Cc1ccccc1)CC1(CBr)CCCCC1. The maximum Gasteiger partial charge on any atom is 0.155 e. The largest absolute Gasteiger partial charge is 0.228 e. The van der Waals surface area contributed by atoms with Gasteiger partial charge in [0.1, 0.15) is 0 Å². The van der Waals surface area contributed by atoms with Crippen molar-refractivity contribution in [1.82, 2.24) is 0 Å². The first-order valence-corrected chi connectivity index (χ1v) is 9.80. The van der Waals surface area contributed by atoms with Crippen molar-refractivity contribution < 1.29 is 8.42 Å². The van der Waals surface area contributed by atoms with Crippen LogP contribution in [0.2, 0.25) is 0 Å². The van der Waals surface area contributed by atoms with Gasteiger partial charge in [-0.15, -0.1) is 0 Å². The van der Waals surface area contributed by atoms with Gasteiger partial charge in [0.25, 0.3) is 0 Å². The average molecular weight is 345 g/mol. The van der Waals surface area contributed by atoms with Crippen molar-refractivity contribution in [3.05, 3.63) is 35.9 Å². The lowest BCUT2D eigenvalue weighted by molar-refractivity contribution is 0.256. The number of rotatable bonds is 5. The van der Waals surface area contributed by atoms with Gasteiger partial charge in [-0.25, -0.2) is 8.42 Å². The van der Waals surface area contributed by atoms with Gasteiger partial charge in [-0.3, -0.25) is 0 Å². The minimum absolute atomic E-state index is 0.0358. The molecule has 1 aliphatic carbocycles. The highest BCUT2D eigenvalue weighted by Gasteiger charge is 2.35. The molecule has 106 valence electrons. The zero-order chi connectivity index (χ0) is 13.8. The third-order valence-corrected chi connectivity index (χ3v) is 6.97. The van der Waals surface area contributed by atoms with Gasteiger partial charge in [-0.2, -0.15) is 0 Å². The first-order chi connectivity index (χ1) is 9.05. The van der Waals surface area contributed by atoms with Crippen molar-refractivity contribution in [2.24, 2.45) is 5.41 Å². The van der Waals surface area contributed by atoms with Crippen LogP contribution in [0.1, 0.15) is 37.7 Å². The highest BCUT2D eigenvalue weighted by Crippen LogP contribution is 2.39. The molecule has 0 atom stereocenters. The normalized spacial score (nSPS) is 19.2. The van der Waals surface area contributed by atoms with Crippen molar-refractivity contribution in [2.45, 2.75) is 37.9 Å². The quantitative estimate of drug-likeness (QED) is 0.758. The van der Waals surface area contributed by atoms with Gasteiger partial charge in [-0.05, 0) is 23.8 Å². The average Bonchev–Trinajstić information content (AvgIpc) is 2.40. The third kappa shape index (κ3) is 4.32. The first kappa shape index (κ1) is 15.0. The van der Waals surface area contributed by atoms with Crippen LogP contribution >= 0.6 is 15.9 Å². The summed E-state index contributed by atoms with van der Waals surface area (Å²) in [7, 11) is -3.03. The van der Waals surface area contributed by atoms with Crippen LogP contribution in [0.4, 0.5) is 0 Å². The lowest BCUT2D eigenvalue weighted by Gasteiger charge is -2.35. The van der Waals surface area contributed by atoms with Crippen molar-refractivity contribution in [2.75, 3.05) is 11.1 Å². The molecule has 4 heteroatoms. The fourth-order valence-corrected chi connectivity index (χ4v) is 6.11. The van der Waals surface area contributed by atoms with E-state index in [0.717, 1.165) is 36.6 Å². The van der Waals surface area contributed by atoms with Gasteiger partial charge in [0.15, 0.2) is 9.84 Å². The Bertz CT molecular complexity index is 490. The molecule has 2 nitrogen and oxygen atoms in total. The predicted molar refractivity (Wildman–Crippen MR) is 83.2 cm³/mol. The van der Waals surface area contributed by atoms with Crippen LogP contribution in [-0.2, 0) is 15.6 Å². The Kier molecular flexibility index (Phi) is 5.07. The summed E-state index contributed by atoms with van der Waals surface area (Å²) in [4.78, 5) is 0. The molecule has 0 amide bonds. The number of benzene rings is 1. The summed E-state index contributed by atoms with van der Waals surface area (Å²) in [5.41, 5.74) is 0.856. The fraction of sp³-hybridized carbons (Fsp3) is 0.600. The van der Waals surface area contributed by atoms with E-state index in [-0.39, 0.29) is 11.2 Å². The minimum Gasteiger partial charge on any atom is -0.228 e. The molecule has 0 saturated heterocycles. The van der Waals surface area contributed by atoms with Crippen LogP contribution in [0.5, 0.6) is 0 Å². The summed E-state index contributed by atoms with van der Waals surface area (Å²) in [5.74, 6) is 0.489. The Morgan fingerprint density at radius 3 is 2.26 bits per heavy atom. The van der Waals surface area contributed by atoms with Crippen LogP contribution in [0.3, 0.4) is 0 Å². The van der Waals surface area contributed by atoms with Crippen LogP contribution in [0.25, 0.3) is 0 Å². The molecular weight excluding hydrogens is 324 g/mol. The van der Waals surface area contributed by atoms with Gasteiger partial charge in [0.05, 0.1) is 11.5 Å². The van der Waals surface area contributed by atoms with E-state index in [4.69, 9.17) is 0 Å². The van der Waals surface area contributed by atoms with Crippen LogP contribution < -0.4 is 0 Å². The second-order valence-corrected chi connectivity index (χ2v) is 8.34. The molecule has 19 heavy (non-hydrogen) atoms. The van der Waals surface area contributed by atoms with Gasteiger partial charge >= 0.3 is 0 Å². The Labute approximate surface area is 124 Å². The summed E-state index contributed by atoms with van der Waals surface area (Å²) in [5, 5.41) is 0.800. The van der Waals surface area contributed by atoms with Gasteiger partial charge in [-0.1, -0.05) is 65.5 Å². The van der Waals surface area contributed by atoms with Crippen LogP contribution in [0, 0.1) is 5.41 Å². The minimum atomic E-state index is -3.03. The standard InChI is InChI=1S/C15H21BrO2S/c16-12-15(9-5-2-6-10-15)13-19(17,18)11-14-7-3-1-4-8-14/h1,3-4,7-8H,2,5-6,9-13H2. The monoisotopic (exact) mass is 344 g/mol. The molecule has 1 aliphatic rings. The second-order valence-electron chi connectivity index (χ2n) is 5.71. The Morgan fingerprint density at radius 2 is 1.68 bits per heavy atom. The number of halogens is 1. The topological polar surface area (TPSA) is 34.1 Å². The summed E-state index contributed by atoms with van der Waals surface area (Å²) in [6.45, 7) is 0. The van der Waals surface area contributed by atoms with E-state index in [9.17, 15) is 8.42 Å². The van der Waals surface area contributed by atoms with Crippen LogP contribution in [-0.4, -0.2) is 19.5 Å². The Morgan fingerprint density at radius 1 is 1.05 bits per heavy atom. The van der Waals surface area contributed by atoms with E-state index in [2.05, 4.69) is 15.9 Å². The molecule has 0 aliphatic heterocycles. The summed E-state index contributed by atoms with van der Waals surface area (Å²) in [6.07, 6.45) is 5.63. The van der Waals surface area contributed by atoms with E-state index < -0.39 is 9.84 Å². The number of sulfone groups is 1. The van der Waals surface area contributed by atoms with Gasteiger partial charge in [0, 0.05) is 5.33 Å². The van der Waals surface area contributed by atoms with E-state index in [0.29, 0.717) is 5.75 Å². The summed E-state index contributed by atoms with van der Waals surface area (Å²) in [6, 6.07) is 9.48. The fourth-order valence-electron chi connectivity index (χ4n) is 2.96. The number of hydrogen-bond acceptors (Lipinski definition) is 2. The molecule has 1 saturated carbocycles. The van der Waals surface area contributed by atoms with Crippen molar-refractivity contribution >= 4 is 25.8 Å². The maximum absolute atomic E-state index is 12.4. The lowest BCUT2D eigenvalue weighted by atomic mass is 9.77. The van der Waals surface area contributed by atoms with Crippen molar-refractivity contribution in [3.8, 4) is 0 Å². The zero-order valence-corrected chi connectivity index (χ0v) is 13.5. The molecule has 0 radical (unpaired) electrons. The molecule has 0 bridgehead atoms. The molecule has 2 rings (SSSR count). The first-order valence-electron chi connectivity index (χ1n) is 6.86. The van der Waals surface area contributed by atoms with Gasteiger partial charge < -0.3 is 0 Å². The molecule has 0 N–H and O–H groups in total. The van der Waals surface area contributed by atoms with Crippen molar-refractivity contribution in [3.63, 3.8) is 0 Å². The van der Waals surface area contributed by atoms with E-state index in [1.807, 2.05) is 30.3 Å². The maximum atomic E-state index is 12.4. The highest BCUT2D eigenvalue weighted by atomic mass is 79.9. The molecular formula is C15H21BrO2S. The Balaban J connectivity index is 2.07. The molecule has 1 fully saturated rings. The van der Waals surface area contributed by atoms with E-state index in [1.165, 1.54) is 6.42 Å². The van der Waals surface area contributed by atoms with Crippen LogP contribution in [0.15, 0.2) is 30.3 Å². The zero-order valence-electron chi connectivity index (χ0n) is 11.1. The Hall–Kier alpha value is -0.350. The summed E-state index contributed by atoms with van der Waals surface area (Å²) < 4.78 is 24.8. The molecule has 1 aromatic carbocycles. The highest BCUT2D eigenvalue weighted by molar-refractivity contribution is 9.09.